The molecular weight excluding hydrogens is 344 g/mol. The van der Waals surface area contributed by atoms with E-state index in [2.05, 4.69) is 0 Å². The van der Waals surface area contributed by atoms with Crippen molar-refractivity contribution in [3.63, 3.8) is 0 Å². The van der Waals surface area contributed by atoms with E-state index in [4.69, 9.17) is 4.74 Å². The van der Waals surface area contributed by atoms with Crippen molar-refractivity contribution in [3.8, 4) is 0 Å². The summed E-state index contributed by atoms with van der Waals surface area (Å²) in [7, 11) is 0. The number of aliphatic carboxylic acids is 1. The molecule has 4 rings (SSSR count). The first-order valence-corrected chi connectivity index (χ1v) is 8.88. The van der Waals surface area contributed by atoms with E-state index in [1.807, 2.05) is 65.4 Å². The largest absolute Gasteiger partial charge is 0.480 e. The maximum Gasteiger partial charge on any atom is 0.328 e. The summed E-state index contributed by atoms with van der Waals surface area (Å²) in [6.07, 6.45) is 1.83. The first kappa shape index (κ1) is 17.3. The summed E-state index contributed by atoms with van der Waals surface area (Å²) in [6, 6.07) is 16.8. The molecule has 1 aromatic heterocycles. The van der Waals surface area contributed by atoms with Gasteiger partial charge in [-0.25, -0.2) is 4.79 Å². The van der Waals surface area contributed by atoms with Crippen LogP contribution in [0.5, 0.6) is 0 Å². The highest BCUT2D eigenvalue weighted by Crippen LogP contribution is 2.25. The zero-order chi connectivity index (χ0) is 18.8. The molecule has 1 saturated heterocycles. The van der Waals surface area contributed by atoms with E-state index in [9.17, 15) is 14.7 Å². The molecule has 1 fully saturated rings. The van der Waals surface area contributed by atoms with E-state index >= 15 is 0 Å². The van der Waals surface area contributed by atoms with Crippen LogP contribution in [0.3, 0.4) is 0 Å². The number of carboxylic acids is 1. The van der Waals surface area contributed by atoms with Gasteiger partial charge in [-0.3, -0.25) is 4.79 Å². The van der Waals surface area contributed by atoms with Crippen LogP contribution in [0, 0.1) is 0 Å². The number of para-hydroxylation sites is 1. The van der Waals surface area contributed by atoms with Crippen molar-refractivity contribution in [1.82, 2.24) is 9.47 Å². The maximum atomic E-state index is 13.2. The number of benzene rings is 2. The van der Waals surface area contributed by atoms with Gasteiger partial charge in [0.15, 0.2) is 6.04 Å². The fraction of sp³-hybridized carbons (Fsp3) is 0.238. The Labute approximate surface area is 156 Å². The number of rotatable bonds is 4. The van der Waals surface area contributed by atoms with E-state index in [0.717, 1.165) is 16.5 Å². The molecule has 1 amide bonds. The van der Waals surface area contributed by atoms with Gasteiger partial charge in [-0.2, -0.15) is 0 Å². The van der Waals surface area contributed by atoms with Crippen LogP contribution < -0.4 is 0 Å². The highest BCUT2D eigenvalue weighted by atomic mass is 16.5. The molecule has 1 N–H and O–H groups in total. The van der Waals surface area contributed by atoms with Gasteiger partial charge in [0, 0.05) is 30.2 Å². The van der Waals surface area contributed by atoms with Crippen LogP contribution in [0.2, 0.25) is 0 Å². The predicted octanol–water partition coefficient (Wildman–Crippen LogP) is 2.62. The Bertz CT molecular complexity index is 980. The molecule has 3 aromatic rings. The SMILES string of the molecule is O=C(O)C1COCCN1C(=O)c1cn(Cc2ccccc2)c2ccccc12. The molecule has 0 radical (unpaired) electrons. The molecule has 0 aliphatic carbocycles. The molecule has 6 nitrogen and oxygen atoms in total. The van der Waals surface area contributed by atoms with Crippen molar-refractivity contribution in [1.29, 1.82) is 0 Å². The Morgan fingerprint density at radius 2 is 1.81 bits per heavy atom. The van der Waals surface area contributed by atoms with Gasteiger partial charge in [-0.15, -0.1) is 0 Å². The van der Waals surface area contributed by atoms with Crippen LogP contribution in [-0.4, -0.2) is 52.3 Å². The Morgan fingerprint density at radius 3 is 2.59 bits per heavy atom. The summed E-state index contributed by atoms with van der Waals surface area (Å²) in [6.45, 7) is 1.27. The van der Waals surface area contributed by atoms with Crippen LogP contribution in [0.1, 0.15) is 15.9 Å². The van der Waals surface area contributed by atoms with Crippen molar-refractivity contribution in [2.45, 2.75) is 12.6 Å². The number of hydrogen-bond acceptors (Lipinski definition) is 3. The summed E-state index contributed by atoms with van der Waals surface area (Å²) in [4.78, 5) is 26.1. The van der Waals surface area contributed by atoms with Crippen molar-refractivity contribution in [2.24, 2.45) is 0 Å². The lowest BCUT2D eigenvalue weighted by Gasteiger charge is -2.32. The predicted molar refractivity (Wildman–Crippen MR) is 101 cm³/mol. The summed E-state index contributed by atoms with van der Waals surface area (Å²) in [5.74, 6) is -1.32. The van der Waals surface area contributed by atoms with E-state index in [-0.39, 0.29) is 19.1 Å². The number of fused-ring (bicyclic) bond motifs is 1. The fourth-order valence-corrected chi connectivity index (χ4v) is 3.53. The Morgan fingerprint density at radius 1 is 1.07 bits per heavy atom. The van der Waals surface area contributed by atoms with Gasteiger partial charge in [0.05, 0.1) is 18.8 Å². The fourth-order valence-electron chi connectivity index (χ4n) is 3.53. The average molecular weight is 364 g/mol. The number of morpholine rings is 1. The molecule has 0 spiro atoms. The topological polar surface area (TPSA) is 71.8 Å². The standard InChI is InChI=1S/C21H20N2O4/c24-20(23-10-11-27-14-19(23)21(25)26)17-13-22(12-15-6-2-1-3-7-15)18-9-5-4-8-16(17)18/h1-9,13,19H,10-12,14H2,(H,25,26). The molecule has 27 heavy (non-hydrogen) atoms. The second-order valence-electron chi connectivity index (χ2n) is 6.60. The molecule has 0 bridgehead atoms. The minimum Gasteiger partial charge on any atom is -0.480 e. The van der Waals surface area contributed by atoms with E-state index < -0.39 is 12.0 Å². The first-order chi connectivity index (χ1) is 13.1. The van der Waals surface area contributed by atoms with Crippen molar-refractivity contribution in [2.75, 3.05) is 19.8 Å². The van der Waals surface area contributed by atoms with Gasteiger partial charge in [0.25, 0.3) is 5.91 Å². The highest BCUT2D eigenvalue weighted by Gasteiger charge is 2.34. The maximum absolute atomic E-state index is 13.2. The number of amides is 1. The van der Waals surface area contributed by atoms with Crippen LogP contribution in [-0.2, 0) is 16.1 Å². The number of aromatic nitrogens is 1. The molecule has 1 aliphatic heterocycles. The van der Waals surface area contributed by atoms with Crippen LogP contribution in [0.25, 0.3) is 10.9 Å². The lowest BCUT2D eigenvalue weighted by Crippen LogP contribution is -2.52. The second-order valence-corrected chi connectivity index (χ2v) is 6.60. The number of nitrogens with zero attached hydrogens (tertiary/aromatic N) is 2. The number of ether oxygens (including phenoxy) is 1. The minimum atomic E-state index is -1.05. The molecule has 1 unspecified atom stereocenters. The van der Waals surface area contributed by atoms with Gasteiger partial charge in [0.2, 0.25) is 0 Å². The molecule has 2 heterocycles. The zero-order valence-electron chi connectivity index (χ0n) is 14.7. The lowest BCUT2D eigenvalue weighted by atomic mass is 10.1. The number of hydrogen-bond donors (Lipinski definition) is 1. The lowest BCUT2D eigenvalue weighted by molar-refractivity contribution is -0.147. The van der Waals surface area contributed by atoms with E-state index in [1.165, 1.54) is 4.90 Å². The first-order valence-electron chi connectivity index (χ1n) is 8.88. The summed E-state index contributed by atoms with van der Waals surface area (Å²) >= 11 is 0. The van der Waals surface area contributed by atoms with Gasteiger partial charge >= 0.3 is 5.97 Å². The monoisotopic (exact) mass is 364 g/mol. The van der Waals surface area contributed by atoms with Gasteiger partial charge < -0.3 is 19.3 Å². The highest BCUT2D eigenvalue weighted by molar-refractivity contribution is 6.08. The molecule has 0 saturated carbocycles. The average Bonchev–Trinajstić information content (AvgIpc) is 3.07. The zero-order valence-corrected chi connectivity index (χ0v) is 14.7. The summed E-state index contributed by atoms with van der Waals surface area (Å²) in [5, 5.41) is 10.3. The number of carboxylic acid groups (broad SMARTS) is 1. The summed E-state index contributed by atoms with van der Waals surface area (Å²) in [5.41, 5.74) is 2.60. The van der Waals surface area contributed by atoms with Crippen LogP contribution >= 0.6 is 0 Å². The van der Waals surface area contributed by atoms with Crippen LogP contribution in [0.4, 0.5) is 0 Å². The van der Waals surface area contributed by atoms with Gasteiger partial charge in [0.1, 0.15) is 0 Å². The van der Waals surface area contributed by atoms with Gasteiger partial charge in [-0.1, -0.05) is 48.5 Å². The molecule has 2 aromatic carbocycles. The summed E-state index contributed by atoms with van der Waals surface area (Å²) < 4.78 is 7.29. The third-order valence-electron chi connectivity index (χ3n) is 4.89. The van der Waals surface area contributed by atoms with Gasteiger partial charge in [-0.05, 0) is 11.6 Å². The molecule has 1 aliphatic rings. The normalized spacial score (nSPS) is 17.2. The molecule has 138 valence electrons. The van der Waals surface area contributed by atoms with Crippen molar-refractivity contribution >= 4 is 22.8 Å². The van der Waals surface area contributed by atoms with E-state index in [0.29, 0.717) is 18.7 Å². The van der Waals surface area contributed by atoms with Crippen LogP contribution in [0.15, 0.2) is 60.8 Å². The molecule has 6 heteroatoms. The second kappa shape index (κ2) is 7.25. The number of carbonyl (C=O) groups excluding carboxylic acids is 1. The molecule has 1 atom stereocenters. The van der Waals surface area contributed by atoms with Crippen molar-refractivity contribution in [3.05, 3.63) is 71.9 Å². The third-order valence-corrected chi connectivity index (χ3v) is 4.89. The Hall–Kier alpha value is -3.12. The van der Waals surface area contributed by atoms with E-state index in [1.54, 1.807) is 0 Å². The third kappa shape index (κ3) is 3.31. The Balaban J connectivity index is 1.73. The number of carbonyl (C=O) groups is 2. The van der Waals surface area contributed by atoms with Crippen molar-refractivity contribution < 1.29 is 19.4 Å². The smallest absolute Gasteiger partial charge is 0.328 e. The molecular formula is C21H20N2O4. The minimum absolute atomic E-state index is 0.0176. The quantitative estimate of drug-likeness (QED) is 0.772. The Kier molecular flexibility index (Phi) is 4.64.